The zero-order chi connectivity index (χ0) is 18.6. The van der Waals surface area contributed by atoms with Crippen LogP contribution in [0.5, 0.6) is 5.75 Å². The maximum Gasteiger partial charge on any atom is 0.573 e. The smallest absolute Gasteiger partial charge is 0.406 e. The number of carbonyl (C=O) groups is 1. The molecule has 0 atom stereocenters. The Labute approximate surface area is 144 Å². The van der Waals surface area contributed by atoms with E-state index in [9.17, 15) is 18.0 Å². The van der Waals surface area contributed by atoms with E-state index in [4.69, 9.17) is 0 Å². The first-order valence-corrected chi connectivity index (χ1v) is 7.15. The van der Waals surface area contributed by atoms with Crippen molar-refractivity contribution in [2.45, 2.75) is 6.36 Å². The summed E-state index contributed by atoms with van der Waals surface area (Å²) in [6.07, 6.45) is 2.36. The van der Waals surface area contributed by atoms with Gasteiger partial charge in [0.05, 0.1) is 18.1 Å². The van der Waals surface area contributed by atoms with Crippen molar-refractivity contribution in [3.8, 4) is 17.0 Å². The van der Waals surface area contributed by atoms with Gasteiger partial charge in [-0.1, -0.05) is 0 Å². The van der Waals surface area contributed by atoms with Crippen LogP contribution in [0.2, 0.25) is 0 Å². The van der Waals surface area contributed by atoms with Crippen LogP contribution in [0.4, 0.5) is 18.9 Å². The molecule has 1 amide bonds. The molecule has 1 aromatic carbocycles. The highest BCUT2D eigenvalue weighted by molar-refractivity contribution is 6.02. The molecule has 0 saturated heterocycles. The zero-order valence-electron chi connectivity index (χ0n) is 12.9. The van der Waals surface area contributed by atoms with Crippen LogP contribution >= 0.6 is 0 Å². The summed E-state index contributed by atoms with van der Waals surface area (Å²) in [4.78, 5) is 28.1. The van der Waals surface area contributed by atoms with E-state index in [1.54, 1.807) is 0 Å². The van der Waals surface area contributed by atoms with Gasteiger partial charge in [-0.15, -0.1) is 13.2 Å². The Hall–Kier alpha value is -3.56. The Morgan fingerprint density at radius 1 is 0.962 bits per heavy atom. The molecule has 132 valence electrons. The third kappa shape index (κ3) is 4.50. The van der Waals surface area contributed by atoms with Gasteiger partial charge in [0, 0.05) is 23.6 Å². The van der Waals surface area contributed by atoms with E-state index in [0.717, 1.165) is 12.1 Å². The van der Waals surface area contributed by atoms with Crippen LogP contribution in [0.15, 0.2) is 55.4 Å². The number of alkyl halides is 3. The lowest BCUT2D eigenvalue weighted by atomic mass is 10.2. The van der Waals surface area contributed by atoms with Gasteiger partial charge in [-0.25, -0.2) is 15.0 Å². The summed E-state index contributed by atoms with van der Waals surface area (Å²) in [5, 5.41) is 2.52. The van der Waals surface area contributed by atoms with Crippen molar-refractivity contribution in [1.82, 2.24) is 19.9 Å². The van der Waals surface area contributed by atoms with Gasteiger partial charge in [0.1, 0.15) is 17.8 Å². The van der Waals surface area contributed by atoms with E-state index in [1.807, 2.05) is 0 Å². The highest BCUT2D eigenvalue weighted by atomic mass is 19.4. The minimum Gasteiger partial charge on any atom is -0.406 e. The molecule has 0 aliphatic heterocycles. The number of carbonyl (C=O) groups excluding carboxylic acids is 1. The topological polar surface area (TPSA) is 89.9 Å². The van der Waals surface area contributed by atoms with Gasteiger partial charge in [0.15, 0.2) is 0 Å². The Kier molecular flexibility index (Phi) is 4.74. The number of hydrogen-bond donors (Lipinski definition) is 1. The van der Waals surface area contributed by atoms with Gasteiger partial charge in [-0.05, 0) is 24.3 Å². The first-order chi connectivity index (χ1) is 12.4. The molecule has 1 N–H and O–H groups in total. The second-order valence-electron chi connectivity index (χ2n) is 4.94. The number of benzene rings is 1. The Morgan fingerprint density at radius 2 is 1.65 bits per heavy atom. The van der Waals surface area contributed by atoms with Gasteiger partial charge < -0.3 is 10.1 Å². The first kappa shape index (κ1) is 17.3. The van der Waals surface area contributed by atoms with Crippen molar-refractivity contribution < 1.29 is 22.7 Å². The lowest BCUT2D eigenvalue weighted by Gasteiger charge is -2.10. The van der Waals surface area contributed by atoms with Crippen LogP contribution < -0.4 is 10.1 Å². The van der Waals surface area contributed by atoms with Crippen molar-refractivity contribution in [3.05, 3.63) is 61.1 Å². The molecule has 0 unspecified atom stereocenters. The molecular weight excluding hydrogens is 351 g/mol. The van der Waals surface area contributed by atoms with E-state index < -0.39 is 12.3 Å². The highest BCUT2D eigenvalue weighted by Gasteiger charge is 2.30. The minimum absolute atomic E-state index is 0.0296. The van der Waals surface area contributed by atoms with Crippen LogP contribution in [-0.4, -0.2) is 32.2 Å². The van der Waals surface area contributed by atoms with E-state index in [0.29, 0.717) is 11.3 Å². The molecule has 26 heavy (non-hydrogen) atoms. The lowest BCUT2D eigenvalue weighted by Crippen LogP contribution is -2.17. The van der Waals surface area contributed by atoms with E-state index >= 15 is 0 Å². The summed E-state index contributed by atoms with van der Waals surface area (Å²) in [5.74, 6) is -0.956. The monoisotopic (exact) mass is 361 g/mol. The van der Waals surface area contributed by atoms with Crippen LogP contribution in [0, 0.1) is 0 Å². The molecule has 0 spiro atoms. The molecule has 0 fully saturated rings. The number of aromatic nitrogens is 4. The fourth-order valence-corrected chi connectivity index (χ4v) is 1.98. The Balaban J connectivity index is 1.72. The molecule has 0 aliphatic carbocycles. The summed E-state index contributed by atoms with van der Waals surface area (Å²) in [6.45, 7) is 0. The predicted molar refractivity (Wildman–Crippen MR) is 84.1 cm³/mol. The predicted octanol–water partition coefficient (Wildman–Crippen LogP) is 3.08. The molecule has 2 heterocycles. The van der Waals surface area contributed by atoms with Gasteiger partial charge >= 0.3 is 6.36 Å². The summed E-state index contributed by atoms with van der Waals surface area (Å²) >= 11 is 0. The molecule has 3 aromatic rings. The SMILES string of the molecule is O=C(Nc1ccc(OC(F)(F)F)cc1)c1cncc(-c2cncnc2)n1. The molecule has 0 aliphatic rings. The van der Waals surface area contributed by atoms with Crippen LogP contribution in [0.1, 0.15) is 10.5 Å². The van der Waals surface area contributed by atoms with Crippen LogP contribution in [0.25, 0.3) is 11.3 Å². The third-order valence-corrected chi connectivity index (χ3v) is 3.07. The molecule has 10 heteroatoms. The molecule has 0 saturated carbocycles. The van der Waals surface area contributed by atoms with Crippen LogP contribution in [-0.2, 0) is 0 Å². The quantitative estimate of drug-likeness (QED) is 0.768. The molecule has 7 nitrogen and oxygen atoms in total. The summed E-state index contributed by atoms with van der Waals surface area (Å²) in [5.41, 5.74) is 1.30. The Morgan fingerprint density at radius 3 is 2.31 bits per heavy atom. The van der Waals surface area contributed by atoms with Crippen molar-refractivity contribution in [1.29, 1.82) is 0 Å². The van der Waals surface area contributed by atoms with Crippen molar-refractivity contribution >= 4 is 11.6 Å². The average Bonchev–Trinajstić information content (AvgIpc) is 2.63. The number of nitrogens with one attached hydrogen (secondary N) is 1. The second kappa shape index (κ2) is 7.13. The highest BCUT2D eigenvalue weighted by Crippen LogP contribution is 2.24. The Bertz CT molecular complexity index is 902. The number of anilines is 1. The maximum absolute atomic E-state index is 12.3. The standard InChI is InChI=1S/C16H10F3N5O2/c17-16(18,19)26-12-3-1-11(2-4-12)23-15(25)14-8-20-7-13(24-14)10-5-21-9-22-6-10/h1-9H,(H,23,25). The van der Waals surface area contributed by atoms with Gasteiger partial charge in [0.25, 0.3) is 5.91 Å². The second-order valence-corrected chi connectivity index (χ2v) is 4.94. The number of ether oxygens (including phenoxy) is 1. The molecule has 0 bridgehead atoms. The van der Waals surface area contributed by atoms with Crippen molar-refractivity contribution in [3.63, 3.8) is 0 Å². The fraction of sp³-hybridized carbons (Fsp3) is 0.0625. The first-order valence-electron chi connectivity index (χ1n) is 7.15. The molecule has 2 aromatic heterocycles. The zero-order valence-corrected chi connectivity index (χ0v) is 12.9. The minimum atomic E-state index is -4.78. The van der Waals surface area contributed by atoms with Crippen LogP contribution in [0.3, 0.4) is 0 Å². The normalized spacial score (nSPS) is 11.0. The number of amides is 1. The number of halogens is 3. The maximum atomic E-state index is 12.3. The van der Waals surface area contributed by atoms with Crippen molar-refractivity contribution in [2.24, 2.45) is 0 Å². The summed E-state index contributed by atoms with van der Waals surface area (Å²) in [6, 6.07) is 4.74. The fourth-order valence-electron chi connectivity index (χ4n) is 1.98. The number of hydrogen-bond acceptors (Lipinski definition) is 6. The number of rotatable bonds is 4. The molecule has 3 rings (SSSR count). The third-order valence-electron chi connectivity index (χ3n) is 3.07. The van der Waals surface area contributed by atoms with E-state index in [-0.39, 0.29) is 17.1 Å². The van der Waals surface area contributed by atoms with Gasteiger partial charge in [-0.2, -0.15) is 0 Å². The summed E-state index contributed by atoms with van der Waals surface area (Å²) < 4.78 is 40.2. The lowest BCUT2D eigenvalue weighted by molar-refractivity contribution is -0.274. The van der Waals surface area contributed by atoms with Crippen molar-refractivity contribution in [2.75, 3.05) is 5.32 Å². The molecule has 0 radical (unpaired) electrons. The van der Waals surface area contributed by atoms with Gasteiger partial charge in [-0.3, -0.25) is 9.78 Å². The van der Waals surface area contributed by atoms with E-state index in [2.05, 4.69) is 30.0 Å². The number of nitrogens with zero attached hydrogens (tertiary/aromatic N) is 4. The van der Waals surface area contributed by atoms with Gasteiger partial charge in [0.2, 0.25) is 0 Å². The molecular formula is C16H10F3N5O2. The summed E-state index contributed by atoms with van der Waals surface area (Å²) in [7, 11) is 0. The van der Waals surface area contributed by atoms with E-state index in [1.165, 1.54) is 43.2 Å². The average molecular weight is 361 g/mol. The largest absolute Gasteiger partial charge is 0.573 e.